The number of anilines is 1. The first-order valence-corrected chi connectivity index (χ1v) is 6.39. The second kappa shape index (κ2) is 4.42. The molecule has 104 valence electrons. The fourth-order valence-electron chi connectivity index (χ4n) is 2.52. The fraction of sp³-hybridized carbons (Fsp3) is 0.462. The summed E-state index contributed by atoms with van der Waals surface area (Å²) in [5.74, 6) is 2.72. The molecule has 20 heavy (non-hydrogen) atoms. The normalized spacial score (nSPS) is 25.9. The third-order valence-electron chi connectivity index (χ3n) is 3.72. The summed E-state index contributed by atoms with van der Waals surface area (Å²) in [4.78, 5) is 11.3. The first-order valence-electron chi connectivity index (χ1n) is 6.39. The molecule has 3 rings (SSSR count). The van der Waals surface area contributed by atoms with Crippen LogP contribution >= 0.6 is 0 Å². The fourth-order valence-corrected chi connectivity index (χ4v) is 2.52. The zero-order valence-electron chi connectivity index (χ0n) is 11.0. The van der Waals surface area contributed by atoms with Gasteiger partial charge in [0.05, 0.1) is 6.33 Å². The predicted molar refractivity (Wildman–Crippen MR) is 70.9 cm³/mol. The van der Waals surface area contributed by atoms with Crippen molar-refractivity contribution in [1.29, 1.82) is 0 Å². The Morgan fingerprint density at radius 1 is 1.65 bits per heavy atom. The molecule has 2 aromatic heterocycles. The number of nitrogens with two attached hydrogens (primary N) is 1. The van der Waals surface area contributed by atoms with E-state index in [2.05, 4.69) is 20.9 Å². The van der Waals surface area contributed by atoms with E-state index in [-0.39, 0.29) is 12.0 Å². The van der Waals surface area contributed by atoms with E-state index in [9.17, 15) is 4.39 Å². The number of hydrogen-bond acceptors (Lipinski definition) is 5. The van der Waals surface area contributed by atoms with Crippen molar-refractivity contribution in [2.45, 2.75) is 38.0 Å². The van der Waals surface area contributed by atoms with Crippen LogP contribution in [0.2, 0.25) is 0 Å². The van der Waals surface area contributed by atoms with Gasteiger partial charge in [0.15, 0.2) is 17.0 Å². The molecule has 0 radical (unpaired) electrons. The van der Waals surface area contributed by atoms with Crippen LogP contribution in [-0.4, -0.2) is 25.1 Å². The molecule has 2 atom stereocenters. The van der Waals surface area contributed by atoms with E-state index >= 15 is 0 Å². The first-order chi connectivity index (χ1) is 9.58. The van der Waals surface area contributed by atoms with Crippen LogP contribution in [0, 0.1) is 18.4 Å². The first kappa shape index (κ1) is 12.8. The molecular formula is C13H14FN5O. The highest BCUT2D eigenvalue weighted by Crippen LogP contribution is 2.39. The minimum atomic E-state index is -0.881. The lowest BCUT2D eigenvalue weighted by molar-refractivity contribution is -0.0373. The van der Waals surface area contributed by atoms with Crippen LogP contribution in [0.1, 0.15) is 32.4 Å². The van der Waals surface area contributed by atoms with Crippen molar-refractivity contribution in [2.75, 3.05) is 5.73 Å². The zero-order valence-corrected chi connectivity index (χ0v) is 11.0. The summed E-state index contributed by atoms with van der Waals surface area (Å²) in [5, 5.41) is 0. The Balaban J connectivity index is 2.03. The Morgan fingerprint density at radius 3 is 3.10 bits per heavy atom. The van der Waals surface area contributed by atoms with Crippen molar-refractivity contribution < 1.29 is 9.13 Å². The van der Waals surface area contributed by atoms with E-state index in [4.69, 9.17) is 16.9 Å². The standard InChI is InChI=1S/C13H14FN5O/c1-3-13(4-2)6-5-8(20-13)19-7-16-9-10(15)17-12(14)18-11(9)19/h1,7-8H,4-6H2,2H3,(H2,15,17,18). The molecule has 7 heteroatoms. The predicted octanol–water partition coefficient (Wildman–Crippen LogP) is 1.64. The second-order valence-electron chi connectivity index (χ2n) is 4.81. The molecule has 1 saturated heterocycles. The topological polar surface area (TPSA) is 78.9 Å². The summed E-state index contributed by atoms with van der Waals surface area (Å²) in [6.45, 7) is 1.98. The van der Waals surface area contributed by atoms with Gasteiger partial charge in [-0.1, -0.05) is 12.8 Å². The Kier molecular flexibility index (Phi) is 2.83. The highest BCUT2D eigenvalue weighted by atomic mass is 19.1. The average Bonchev–Trinajstić information content (AvgIpc) is 3.02. The molecule has 6 nitrogen and oxygen atoms in total. The highest BCUT2D eigenvalue weighted by molar-refractivity contribution is 5.81. The van der Waals surface area contributed by atoms with Crippen molar-refractivity contribution in [3.63, 3.8) is 0 Å². The van der Waals surface area contributed by atoms with Crippen molar-refractivity contribution in [3.05, 3.63) is 12.4 Å². The summed E-state index contributed by atoms with van der Waals surface area (Å²) in [6, 6.07) is 0. The van der Waals surface area contributed by atoms with Crippen molar-refractivity contribution >= 4 is 17.0 Å². The molecule has 2 aromatic rings. The van der Waals surface area contributed by atoms with E-state index in [0.29, 0.717) is 11.2 Å². The number of hydrogen-bond donors (Lipinski definition) is 1. The number of fused-ring (bicyclic) bond motifs is 1. The van der Waals surface area contributed by atoms with Gasteiger partial charge in [-0.2, -0.15) is 14.4 Å². The van der Waals surface area contributed by atoms with E-state index in [1.54, 1.807) is 4.57 Å². The monoisotopic (exact) mass is 275 g/mol. The Labute approximate surface area is 115 Å². The lowest BCUT2D eigenvalue weighted by Crippen LogP contribution is -2.25. The number of ether oxygens (including phenoxy) is 1. The van der Waals surface area contributed by atoms with Gasteiger partial charge in [0.1, 0.15) is 11.8 Å². The lowest BCUT2D eigenvalue weighted by Gasteiger charge is -2.22. The molecular weight excluding hydrogens is 261 g/mol. The van der Waals surface area contributed by atoms with Crippen LogP contribution in [-0.2, 0) is 4.74 Å². The lowest BCUT2D eigenvalue weighted by atomic mass is 9.98. The molecule has 1 fully saturated rings. The molecule has 0 spiro atoms. The number of nitrogens with zero attached hydrogens (tertiary/aromatic N) is 4. The minimum Gasteiger partial charge on any atom is -0.382 e. The summed E-state index contributed by atoms with van der Waals surface area (Å²) >= 11 is 0. The minimum absolute atomic E-state index is 0.0166. The number of halogens is 1. The van der Waals surface area contributed by atoms with Gasteiger partial charge in [-0.25, -0.2) is 4.98 Å². The molecule has 1 aliphatic heterocycles. The van der Waals surface area contributed by atoms with Crippen molar-refractivity contribution in [3.8, 4) is 12.3 Å². The molecule has 0 aliphatic carbocycles. The van der Waals surface area contributed by atoms with Gasteiger partial charge in [-0.05, 0) is 19.3 Å². The van der Waals surface area contributed by atoms with Gasteiger partial charge < -0.3 is 10.5 Å². The largest absolute Gasteiger partial charge is 0.382 e. The summed E-state index contributed by atoms with van der Waals surface area (Å²) < 4.78 is 20.9. The van der Waals surface area contributed by atoms with Gasteiger partial charge in [0.2, 0.25) is 0 Å². The Hall–Kier alpha value is -2.20. The number of nitrogen functional groups attached to an aromatic ring is 1. The Morgan fingerprint density at radius 2 is 2.45 bits per heavy atom. The molecule has 0 saturated carbocycles. The molecule has 0 amide bonds. The molecule has 1 aliphatic rings. The maximum Gasteiger partial charge on any atom is 0.312 e. The van der Waals surface area contributed by atoms with E-state index in [0.717, 1.165) is 19.3 Å². The smallest absolute Gasteiger partial charge is 0.312 e. The molecule has 3 heterocycles. The summed E-state index contributed by atoms with van der Waals surface area (Å²) in [5.41, 5.74) is 5.75. The third kappa shape index (κ3) is 1.80. The Bertz CT molecular complexity index is 707. The zero-order chi connectivity index (χ0) is 14.3. The molecule has 2 unspecified atom stereocenters. The van der Waals surface area contributed by atoms with E-state index < -0.39 is 11.7 Å². The maximum absolute atomic E-state index is 13.3. The number of imidazole rings is 1. The van der Waals surface area contributed by atoms with Crippen LogP contribution in [0.25, 0.3) is 11.2 Å². The number of rotatable bonds is 2. The quantitative estimate of drug-likeness (QED) is 0.665. The average molecular weight is 275 g/mol. The number of terminal acetylenes is 1. The number of aromatic nitrogens is 4. The van der Waals surface area contributed by atoms with E-state index in [1.807, 2.05) is 6.92 Å². The van der Waals surface area contributed by atoms with Gasteiger partial charge in [-0.3, -0.25) is 4.57 Å². The van der Waals surface area contributed by atoms with Crippen LogP contribution in [0.15, 0.2) is 6.33 Å². The maximum atomic E-state index is 13.3. The van der Waals surface area contributed by atoms with E-state index in [1.165, 1.54) is 6.33 Å². The van der Waals surface area contributed by atoms with Crippen LogP contribution < -0.4 is 5.73 Å². The van der Waals surface area contributed by atoms with Crippen LogP contribution in [0.3, 0.4) is 0 Å². The third-order valence-corrected chi connectivity index (χ3v) is 3.72. The summed E-state index contributed by atoms with van der Waals surface area (Å²) in [7, 11) is 0. The van der Waals surface area contributed by atoms with Crippen LogP contribution in [0.4, 0.5) is 10.2 Å². The van der Waals surface area contributed by atoms with Crippen molar-refractivity contribution in [1.82, 2.24) is 19.5 Å². The molecule has 2 N–H and O–H groups in total. The van der Waals surface area contributed by atoms with Gasteiger partial charge >= 0.3 is 6.08 Å². The van der Waals surface area contributed by atoms with Crippen LogP contribution in [0.5, 0.6) is 0 Å². The van der Waals surface area contributed by atoms with Gasteiger partial charge in [0, 0.05) is 0 Å². The SMILES string of the molecule is C#CC1(CC)CCC(n2cnc3c(N)nc(F)nc32)O1. The van der Waals surface area contributed by atoms with Gasteiger partial charge in [0.25, 0.3) is 0 Å². The molecule has 0 bridgehead atoms. The van der Waals surface area contributed by atoms with Gasteiger partial charge in [-0.15, -0.1) is 6.42 Å². The second-order valence-corrected chi connectivity index (χ2v) is 4.81. The summed E-state index contributed by atoms with van der Waals surface area (Å²) in [6.07, 6.45) is 8.07. The molecule has 0 aromatic carbocycles. The highest BCUT2D eigenvalue weighted by Gasteiger charge is 2.38. The van der Waals surface area contributed by atoms with Crippen molar-refractivity contribution in [2.24, 2.45) is 0 Å².